The smallest absolute Gasteiger partial charge is 0.417 e. The number of halogens is 3. The summed E-state index contributed by atoms with van der Waals surface area (Å²) >= 11 is 0.520. The molecule has 0 saturated heterocycles. The van der Waals surface area contributed by atoms with Crippen LogP contribution in [0, 0.1) is 6.92 Å². The topological polar surface area (TPSA) is 118 Å². The van der Waals surface area contributed by atoms with Crippen LogP contribution in [0.1, 0.15) is 33.1 Å². The number of ether oxygens (including phenoxy) is 1. The van der Waals surface area contributed by atoms with Gasteiger partial charge in [-0.25, -0.2) is 9.59 Å². The van der Waals surface area contributed by atoms with E-state index in [-0.39, 0.29) is 23.2 Å². The number of benzene rings is 2. The number of aromatic carboxylic acids is 1. The van der Waals surface area contributed by atoms with Crippen LogP contribution in [0.3, 0.4) is 0 Å². The fourth-order valence-corrected chi connectivity index (χ4v) is 4.74. The van der Waals surface area contributed by atoms with Gasteiger partial charge in [-0.3, -0.25) is 4.79 Å². The van der Waals surface area contributed by atoms with Crippen molar-refractivity contribution in [3.8, 4) is 11.1 Å². The number of fused-ring (bicyclic) bond motifs is 3. The highest BCUT2D eigenvalue weighted by Gasteiger charge is 2.47. The van der Waals surface area contributed by atoms with Crippen LogP contribution in [0.4, 0.5) is 23.0 Å². The molecule has 35 heavy (non-hydrogen) atoms. The lowest BCUT2D eigenvalue weighted by atomic mass is 9.98. The zero-order valence-electron chi connectivity index (χ0n) is 18.1. The van der Waals surface area contributed by atoms with Crippen LogP contribution in [0.5, 0.6) is 0 Å². The van der Waals surface area contributed by atoms with Crippen LogP contribution >= 0.6 is 11.5 Å². The Morgan fingerprint density at radius 1 is 1.09 bits per heavy atom. The molecule has 4 rings (SSSR count). The van der Waals surface area contributed by atoms with Crippen molar-refractivity contribution in [1.82, 2.24) is 9.69 Å². The van der Waals surface area contributed by atoms with Gasteiger partial charge in [0.2, 0.25) is 6.04 Å². The number of amides is 2. The first-order chi connectivity index (χ1) is 16.6. The Morgan fingerprint density at radius 3 is 2.20 bits per heavy atom. The van der Waals surface area contributed by atoms with Gasteiger partial charge in [-0.05, 0) is 40.7 Å². The van der Waals surface area contributed by atoms with Gasteiger partial charge in [0.15, 0.2) is 0 Å². The Balaban J connectivity index is 1.47. The van der Waals surface area contributed by atoms with E-state index >= 15 is 0 Å². The summed E-state index contributed by atoms with van der Waals surface area (Å²) in [6.07, 6.45) is -6.61. The average molecular weight is 505 g/mol. The Bertz CT molecular complexity index is 1260. The number of nitrogens with one attached hydrogen (secondary N) is 2. The highest BCUT2D eigenvalue weighted by molar-refractivity contribution is 7.11. The molecule has 1 aliphatic carbocycles. The first-order valence-electron chi connectivity index (χ1n) is 10.3. The molecule has 1 atom stereocenters. The van der Waals surface area contributed by atoms with Crippen LogP contribution in [0.2, 0.25) is 0 Å². The first kappa shape index (κ1) is 24.2. The number of alkyl carbamates (subject to hydrolysis) is 1. The first-order valence-corrected chi connectivity index (χ1v) is 11.0. The third-order valence-corrected chi connectivity index (χ3v) is 6.36. The van der Waals surface area contributed by atoms with Gasteiger partial charge in [-0.1, -0.05) is 48.5 Å². The van der Waals surface area contributed by atoms with Crippen molar-refractivity contribution in [1.29, 1.82) is 0 Å². The number of rotatable bonds is 6. The summed E-state index contributed by atoms with van der Waals surface area (Å²) in [4.78, 5) is 36.0. The van der Waals surface area contributed by atoms with E-state index in [2.05, 4.69) is 4.37 Å². The van der Waals surface area contributed by atoms with E-state index in [1.54, 1.807) is 5.32 Å². The van der Waals surface area contributed by atoms with Gasteiger partial charge in [0.05, 0.1) is 5.69 Å². The largest absolute Gasteiger partial charge is 0.478 e. The standard InChI is InChI=1S/C23H18F3N3O5S/c1-11-17(21(31)32)20(35-29-11)28-19(30)18(23(24,25)26)27-22(33)34-10-16-14-8-4-2-6-12(14)13-7-3-5-9-15(13)16/h2-9,16,18H,10H2,1H3,(H,27,33)(H,28,30)(H,31,32). The van der Waals surface area contributed by atoms with Gasteiger partial charge >= 0.3 is 18.2 Å². The van der Waals surface area contributed by atoms with Gasteiger partial charge in [0, 0.05) is 5.92 Å². The van der Waals surface area contributed by atoms with Crippen LogP contribution in [-0.4, -0.2) is 46.3 Å². The SMILES string of the molecule is Cc1nsc(NC(=O)C(NC(=O)OCC2c3ccccc3-c3ccccc32)C(F)(F)F)c1C(=O)O. The summed E-state index contributed by atoms with van der Waals surface area (Å²) in [6.45, 7) is 1.09. The predicted molar refractivity (Wildman–Crippen MR) is 120 cm³/mol. The molecule has 1 aliphatic rings. The minimum atomic E-state index is -5.17. The Kier molecular flexibility index (Phi) is 6.48. The van der Waals surface area contributed by atoms with Gasteiger partial charge in [0.25, 0.3) is 5.91 Å². The van der Waals surface area contributed by atoms with Crippen molar-refractivity contribution in [3.63, 3.8) is 0 Å². The molecule has 1 aromatic heterocycles. The maximum atomic E-state index is 13.6. The van der Waals surface area contributed by atoms with Crippen molar-refractivity contribution >= 4 is 34.5 Å². The number of aryl methyl sites for hydroxylation is 1. The number of hydrogen-bond donors (Lipinski definition) is 3. The van der Waals surface area contributed by atoms with E-state index in [9.17, 15) is 32.7 Å². The van der Waals surface area contributed by atoms with Crippen molar-refractivity contribution in [2.75, 3.05) is 11.9 Å². The molecule has 2 aromatic carbocycles. The van der Waals surface area contributed by atoms with Crippen molar-refractivity contribution in [2.45, 2.75) is 25.1 Å². The lowest BCUT2D eigenvalue weighted by Gasteiger charge is -2.21. The Hall–Kier alpha value is -3.93. The van der Waals surface area contributed by atoms with E-state index in [0.717, 1.165) is 22.3 Å². The Labute approximate surface area is 200 Å². The fraction of sp³-hybridized carbons (Fsp3) is 0.217. The van der Waals surface area contributed by atoms with Gasteiger partial charge < -0.3 is 20.5 Å². The van der Waals surface area contributed by atoms with Gasteiger partial charge in [-0.15, -0.1) is 0 Å². The molecule has 1 heterocycles. The highest BCUT2D eigenvalue weighted by Crippen LogP contribution is 2.44. The van der Waals surface area contributed by atoms with Crippen LogP contribution in [0.25, 0.3) is 11.1 Å². The molecule has 1 unspecified atom stereocenters. The molecule has 12 heteroatoms. The van der Waals surface area contributed by atoms with E-state index in [0.29, 0.717) is 11.5 Å². The quantitative estimate of drug-likeness (QED) is 0.452. The molecule has 0 fully saturated rings. The number of hydrogen-bond acceptors (Lipinski definition) is 6. The lowest BCUT2D eigenvalue weighted by molar-refractivity contribution is -0.164. The summed E-state index contributed by atoms with van der Waals surface area (Å²) in [5.41, 5.74) is 3.23. The summed E-state index contributed by atoms with van der Waals surface area (Å²) in [5, 5.41) is 12.3. The normalized spacial score (nSPS) is 13.5. The molecule has 0 saturated carbocycles. The second-order valence-electron chi connectivity index (χ2n) is 7.71. The van der Waals surface area contributed by atoms with Crippen molar-refractivity contribution in [3.05, 3.63) is 70.9 Å². The Morgan fingerprint density at radius 2 is 1.66 bits per heavy atom. The minimum Gasteiger partial charge on any atom is -0.478 e. The van der Waals surface area contributed by atoms with Crippen LogP contribution in [-0.2, 0) is 9.53 Å². The third kappa shape index (κ3) is 4.83. The van der Waals surface area contributed by atoms with Crippen molar-refractivity contribution < 1.29 is 37.4 Å². The summed E-state index contributed by atoms with van der Waals surface area (Å²) < 4.78 is 49.6. The molecule has 0 radical (unpaired) electrons. The average Bonchev–Trinajstić information content (AvgIpc) is 3.32. The number of anilines is 1. The number of aromatic nitrogens is 1. The summed E-state index contributed by atoms with van der Waals surface area (Å²) in [6, 6.07) is 11.9. The number of nitrogens with zero attached hydrogens (tertiary/aromatic N) is 1. The fourth-order valence-electron chi connectivity index (χ4n) is 3.94. The van der Waals surface area contributed by atoms with Gasteiger partial charge in [-0.2, -0.15) is 17.5 Å². The summed E-state index contributed by atoms with van der Waals surface area (Å²) in [7, 11) is 0. The molecule has 3 N–H and O–H groups in total. The highest BCUT2D eigenvalue weighted by atomic mass is 32.1. The van der Waals surface area contributed by atoms with Gasteiger partial charge in [0.1, 0.15) is 17.2 Å². The van der Waals surface area contributed by atoms with Crippen LogP contribution in [0.15, 0.2) is 48.5 Å². The minimum absolute atomic E-state index is 0.0332. The van der Waals surface area contributed by atoms with E-state index in [1.807, 2.05) is 53.8 Å². The lowest BCUT2D eigenvalue weighted by Crippen LogP contribution is -2.53. The molecule has 0 bridgehead atoms. The van der Waals surface area contributed by atoms with E-state index < -0.39 is 35.8 Å². The number of carbonyl (C=O) groups excluding carboxylic acids is 2. The molecular weight excluding hydrogens is 487 g/mol. The van der Waals surface area contributed by atoms with E-state index in [4.69, 9.17) is 4.74 Å². The molecular formula is C23H18F3N3O5S. The zero-order chi connectivity index (χ0) is 25.3. The number of carbonyl (C=O) groups is 3. The maximum absolute atomic E-state index is 13.6. The number of carboxylic acids is 1. The second-order valence-corrected chi connectivity index (χ2v) is 8.48. The number of alkyl halides is 3. The molecule has 2 amide bonds. The number of carboxylic acid groups (broad SMARTS) is 1. The molecule has 0 aliphatic heterocycles. The zero-order valence-corrected chi connectivity index (χ0v) is 18.9. The van der Waals surface area contributed by atoms with Crippen molar-refractivity contribution in [2.24, 2.45) is 0 Å². The van der Waals surface area contributed by atoms with E-state index in [1.165, 1.54) is 6.92 Å². The molecule has 8 nitrogen and oxygen atoms in total. The predicted octanol–water partition coefficient (Wildman–Crippen LogP) is 4.56. The summed E-state index contributed by atoms with van der Waals surface area (Å²) in [5.74, 6) is -3.51. The molecule has 3 aromatic rings. The van der Waals surface area contributed by atoms with Crippen LogP contribution < -0.4 is 10.6 Å². The second kappa shape index (κ2) is 9.37. The maximum Gasteiger partial charge on any atom is 0.417 e. The monoisotopic (exact) mass is 505 g/mol. The molecule has 182 valence electrons. The third-order valence-electron chi connectivity index (χ3n) is 5.51. The molecule has 0 spiro atoms.